The van der Waals surface area contributed by atoms with Gasteiger partial charge in [-0.15, -0.1) is 5.10 Å². The number of hydrogen-bond donors (Lipinski definition) is 1. The maximum atomic E-state index is 12.0. The number of aromatic hydroxyl groups is 1. The molecule has 1 N–H and O–H groups in total. The molecule has 0 aliphatic carbocycles. The number of benzene rings is 1. The number of likely N-dealkylation sites (tertiary alicyclic amines) is 1. The van der Waals surface area contributed by atoms with Gasteiger partial charge in [0.1, 0.15) is 5.82 Å². The summed E-state index contributed by atoms with van der Waals surface area (Å²) >= 11 is 1.41. The SMILES string of the molecule is COC(=O)C1CCN([C@H](c2ccc(OC)c(OC)c2)c2sc3nc(C)nn3c2O)CC1. The van der Waals surface area contributed by atoms with Crippen LogP contribution in [-0.2, 0) is 9.53 Å². The third kappa shape index (κ3) is 3.92. The number of piperidine rings is 1. The molecule has 10 heteroatoms. The molecular formula is C21H26N4O5S. The zero-order valence-electron chi connectivity index (χ0n) is 18.0. The standard InChI is InChI=1S/C21H26N4O5S/c1-12-22-21-25(23-12)19(26)18(31-21)17(14-5-6-15(28-2)16(11-14)29-3)24-9-7-13(8-10-24)20(27)30-4/h5-6,11,13,17,26H,7-10H2,1-4H3/t17-/m1/s1. The van der Waals surface area contributed by atoms with Gasteiger partial charge in [0.15, 0.2) is 11.5 Å². The van der Waals surface area contributed by atoms with Crippen LogP contribution in [0.1, 0.15) is 35.1 Å². The van der Waals surface area contributed by atoms with Crippen LogP contribution in [0.2, 0.25) is 0 Å². The summed E-state index contributed by atoms with van der Waals surface area (Å²) in [5.74, 6) is 1.66. The molecule has 4 rings (SSSR count). The van der Waals surface area contributed by atoms with Crippen molar-refractivity contribution >= 4 is 22.3 Å². The first-order chi connectivity index (χ1) is 15.0. The van der Waals surface area contributed by atoms with E-state index in [9.17, 15) is 9.90 Å². The first kappa shape index (κ1) is 21.4. The second-order valence-electron chi connectivity index (χ2n) is 7.49. The fraction of sp³-hybridized carbons (Fsp3) is 0.476. The van der Waals surface area contributed by atoms with Gasteiger partial charge < -0.3 is 19.3 Å². The van der Waals surface area contributed by atoms with Gasteiger partial charge in [0.05, 0.1) is 38.2 Å². The van der Waals surface area contributed by atoms with E-state index >= 15 is 0 Å². The number of thiazole rings is 1. The lowest BCUT2D eigenvalue weighted by atomic mass is 9.93. The summed E-state index contributed by atoms with van der Waals surface area (Å²) in [6, 6.07) is 5.52. The van der Waals surface area contributed by atoms with E-state index in [1.807, 2.05) is 18.2 Å². The molecule has 1 aromatic carbocycles. The summed E-state index contributed by atoms with van der Waals surface area (Å²) in [6.45, 7) is 3.16. The summed E-state index contributed by atoms with van der Waals surface area (Å²) in [5.41, 5.74) is 0.950. The lowest BCUT2D eigenvalue weighted by molar-refractivity contribution is -0.147. The van der Waals surface area contributed by atoms with Crippen molar-refractivity contribution in [1.82, 2.24) is 19.5 Å². The second kappa shape index (κ2) is 8.72. The molecule has 9 nitrogen and oxygen atoms in total. The molecule has 1 saturated heterocycles. The van der Waals surface area contributed by atoms with Crippen LogP contribution in [0.25, 0.3) is 4.96 Å². The summed E-state index contributed by atoms with van der Waals surface area (Å²) in [7, 11) is 4.62. The normalized spacial score (nSPS) is 16.4. The average molecular weight is 447 g/mol. The van der Waals surface area contributed by atoms with E-state index in [0.717, 1.165) is 10.4 Å². The molecule has 0 saturated carbocycles. The van der Waals surface area contributed by atoms with Crippen molar-refractivity contribution in [3.8, 4) is 17.4 Å². The van der Waals surface area contributed by atoms with Crippen LogP contribution in [-0.4, -0.2) is 65.0 Å². The maximum absolute atomic E-state index is 12.0. The van der Waals surface area contributed by atoms with E-state index < -0.39 is 0 Å². The minimum atomic E-state index is -0.243. The van der Waals surface area contributed by atoms with E-state index in [1.54, 1.807) is 21.1 Å². The van der Waals surface area contributed by atoms with Gasteiger partial charge in [-0.25, -0.2) is 4.98 Å². The largest absolute Gasteiger partial charge is 0.493 e. The van der Waals surface area contributed by atoms with E-state index in [1.165, 1.54) is 23.0 Å². The van der Waals surface area contributed by atoms with Crippen molar-refractivity contribution in [2.24, 2.45) is 5.92 Å². The lowest BCUT2D eigenvalue weighted by Crippen LogP contribution is -2.39. The highest BCUT2D eigenvalue weighted by molar-refractivity contribution is 7.17. The number of carbonyl (C=O) groups excluding carboxylic acids is 1. The predicted molar refractivity (Wildman–Crippen MR) is 115 cm³/mol. The van der Waals surface area contributed by atoms with Gasteiger partial charge in [-0.3, -0.25) is 9.69 Å². The molecule has 0 spiro atoms. The Balaban J connectivity index is 1.75. The quantitative estimate of drug-likeness (QED) is 0.577. The Bertz CT molecular complexity index is 1090. The lowest BCUT2D eigenvalue weighted by Gasteiger charge is -2.36. The predicted octanol–water partition coefficient (Wildman–Crippen LogP) is 2.80. The molecule has 0 radical (unpaired) electrons. The topological polar surface area (TPSA) is 98.4 Å². The van der Waals surface area contributed by atoms with Gasteiger partial charge >= 0.3 is 5.97 Å². The number of aromatic nitrogens is 3. The fourth-order valence-electron chi connectivity index (χ4n) is 4.14. The molecule has 1 aliphatic rings. The maximum Gasteiger partial charge on any atom is 0.308 e. The number of ether oxygens (including phenoxy) is 3. The van der Waals surface area contributed by atoms with Crippen LogP contribution in [0.5, 0.6) is 17.4 Å². The Morgan fingerprint density at radius 3 is 2.52 bits per heavy atom. The molecule has 31 heavy (non-hydrogen) atoms. The molecule has 166 valence electrons. The summed E-state index contributed by atoms with van der Waals surface area (Å²) in [4.78, 5) is 20.0. The van der Waals surface area contributed by atoms with Crippen molar-refractivity contribution in [2.45, 2.75) is 25.8 Å². The van der Waals surface area contributed by atoms with Crippen LogP contribution in [0, 0.1) is 12.8 Å². The molecule has 1 aliphatic heterocycles. The smallest absolute Gasteiger partial charge is 0.308 e. The molecule has 0 amide bonds. The fourth-order valence-corrected chi connectivity index (χ4v) is 5.30. The number of methoxy groups -OCH3 is 3. The van der Waals surface area contributed by atoms with E-state index in [2.05, 4.69) is 15.0 Å². The third-order valence-electron chi connectivity index (χ3n) is 5.71. The molecule has 1 atom stereocenters. The Labute approximate surface area is 184 Å². The highest BCUT2D eigenvalue weighted by Gasteiger charge is 2.34. The minimum Gasteiger partial charge on any atom is -0.493 e. The van der Waals surface area contributed by atoms with E-state index in [-0.39, 0.29) is 23.8 Å². The molecule has 1 fully saturated rings. The van der Waals surface area contributed by atoms with Gasteiger partial charge in [0, 0.05) is 0 Å². The van der Waals surface area contributed by atoms with Crippen molar-refractivity contribution in [3.63, 3.8) is 0 Å². The average Bonchev–Trinajstić information content (AvgIpc) is 3.30. The Morgan fingerprint density at radius 1 is 1.19 bits per heavy atom. The van der Waals surface area contributed by atoms with E-state index in [4.69, 9.17) is 14.2 Å². The van der Waals surface area contributed by atoms with Gasteiger partial charge in [0.2, 0.25) is 10.8 Å². The molecular weight excluding hydrogens is 420 g/mol. The minimum absolute atomic E-state index is 0.0791. The molecule has 0 bridgehead atoms. The molecule has 2 aromatic heterocycles. The van der Waals surface area contributed by atoms with Gasteiger partial charge in [-0.2, -0.15) is 4.52 Å². The molecule has 3 aromatic rings. The number of rotatable bonds is 6. The van der Waals surface area contributed by atoms with Crippen LogP contribution in [0.4, 0.5) is 0 Å². The van der Waals surface area contributed by atoms with Crippen LogP contribution < -0.4 is 9.47 Å². The third-order valence-corrected chi connectivity index (χ3v) is 6.78. The highest BCUT2D eigenvalue weighted by Crippen LogP contribution is 2.43. The zero-order chi connectivity index (χ0) is 22.1. The van der Waals surface area contributed by atoms with Crippen LogP contribution in [0.3, 0.4) is 0 Å². The van der Waals surface area contributed by atoms with Gasteiger partial charge in [-0.1, -0.05) is 17.4 Å². The number of nitrogens with zero attached hydrogens (tertiary/aromatic N) is 4. The number of esters is 1. The van der Waals surface area contributed by atoms with Crippen molar-refractivity contribution in [2.75, 3.05) is 34.4 Å². The summed E-state index contributed by atoms with van der Waals surface area (Å²) < 4.78 is 17.3. The Morgan fingerprint density at radius 2 is 1.90 bits per heavy atom. The molecule has 0 unspecified atom stereocenters. The van der Waals surface area contributed by atoms with Gasteiger partial charge in [-0.05, 0) is 50.6 Å². The summed E-state index contributed by atoms with van der Waals surface area (Å²) in [5, 5.41) is 15.3. The summed E-state index contributed by atoms with van der Waals surface area (Å²) in [6.07, 6.45) is 1.38. The number of fused-ring (bicyclic) bond motifs is 1. The van der Waals surface area contributed by atoms with Crippen molar-refractivity contribution in [1.29, 1.82) is 0 Å². The Hall–Kier alpha value is -2.85. The number of hydrogen-bond acceptors (Lipinski definition) is 9. The Kier molecular flexibility index (Phi) is 6.01. The van der Waals surface area contributed by atoms with Crippen LogP contribution >= 0.6 is 11.3 Å². The first-order valence-electron chi connectivity index (χ1n) is 10.1. The number of carbonyl (C=O) groups is 1. The first-order valence-corrected chi connectivity index (χ1v) is 10.9. The van der Waals surface area contributed by atoms with Crippen molar-refractivity contribution in [3.05, 3.63) is 34.5 Å². The zero-order valence-corrected chi connectivity index (χ0v) is 18.8. The molecule has 3 heterocycles. The van der Waals surface area contributed by atoms with Crippen LogP contribution in [0.15, 0.2) is 18.2 Å². The van der Waals surface area contributed by atoms with Crippen molar-refractivity contribution < 1.29 is 24.1 Å². The number of aryl methyl sites for hydroxylation is 1. The van der Waals surface area contributed by atoms with Gasteiger partial charge in [0.25, 0.3) is 0 Å². The second-order valence-corrected chi connectivity index (χ2v) is 8.50. The monoisotopic (exact) mass is 446 g/mol. The highest BCUT2D eigenvalue weighted by atomic mass is 32.1. The van der Waals surface area contributed by atoms with E-state index in [0.29, 0.717) is 48.2 Å².